The summed E-state index contributed by atoms with van der Waals surface area (Å²) in [5, 5.41) is 7.64. The van der Waals surface area contributed by atoms with Crippen molar-refractivity contribution in [1.82, 2.24) is 19.6 Å². The van der Waals surface area contributed by atoms with Crippen molar-refractivity contribution in [1.29, 1.82) is 0 Å². The van der Waals surface area contributed by atoms with E-state index in [9.17, 15) is 4.79 Å². The molecular formula is C9H10N4O. The van der Waals surface area contributed by atoms with Gasteiger partial charge in [0, 0.05) is 18.3 Å². The number of carbonyl (C=O) groups excluding carboxylic acids is 1. The number of nitrogens with zero attached hydrogens (tertiary/aromatic N) is 4. The Hall–Kier alpha value is -1.78. The van der Waals surface area contributed by atoms with Crippen molar-refractivity contribution in [3.8, 4) is 0 Å². The molecule has 0 aliphatic heterocycles. The minimum Gasteiger partial charge on any atom is -0.291 e. The highest BCUT2D eigenvalue weighted by molar-refractivity contribution is 5.91. The van der Waals surface area contributed by atoms with Crippen LogP contribution in [-0.2, 0) is 0 Å². The molecule has 0 fully saturated rings. The summed E-state index contributed by atoms with van der Waals surface area (Å²) in [6.07, 6.45) is 0. The van der Waals surface area contributed by atoms with Gasteiger partial charge in [-0.1, -0.05) is 0 Å². The standard InChI is InChI=1S/C9H10N4O/c1-5-4-6(2)13-8(7(3)14)11-12-9(13)10-5/h4H,1-3H3. The molecule has 0 atom stereocenters. The fraction of sp³-hybridized carbons (Fsp3) is 0.333. The van der Waals surface area contributed by atoms with Crippen molar-refractivity contribution in [2.75, 3.05) is 0 Å². The molecule has 0 aromatic carbocycles. The lowest BCUT2D eigenvalue weighted by Gasteiger charge is -2.01. The van der Waals surface area contributed by atoms with Crippen LogP contribution in [0.4, 0.5) is 0 Å². The molecule has 0 N–H and O–H groups in total. The van der Waals surface area contributed by atoms with Gasteiger partial charge in [-0.05, 0) is 19.9 Å². The van der Waals surface area contributed by atoms with Gasteiger partial charge in [-0.3, -0.25) is 9.20 Å². The molecule has 2 aromatic rings. The Morgan fingerprint density at radius 1 is 1.36 bits per heavy atom. The Morgan fingerprint density at radius 3 is 2.71 bits per heavy atom. The van der Waals surface area contributed by atoms with Crippen LogP contribution in [-0.4, -0.2) is 25.4 Å². The highest BCUT2D eigenvalue weighted by Crippen LogP contribution is 2.07. The van der Waals surface area contributed by atoms with E-state index in [0.717, 1.165) is 11.4 Å². The largest absolute Gasteiger partial charge is 0.291 e. The number of rotatable bonds is 1. The van der Waals surface area contributed by atoms with Gasteiger partial charge in [-0.25, -0.2) is 4.98 Å². The Kier molecular flexibility index (Phi) is 1.80. The Balaban J connectivity index is 2.85. The predicted molar refractivity (Wildman–Crippen MR) is 50.3 cm³/mol. The van der Waals surface area contributed by atoms with Crippen LogP contribution >= 0.6 is 0 Å². The lowest BCUT2D eigenvalue weighted by molar-refractivity contribution is 0.100. The number of fused-ring (bicyclic) bond motifs is 1. The molecule has 2 aromatic heterocycles. The average Bonchev–Trinajstić information content (AvgIpc) is 2.47. The minimum atomic E-state index is -0.105. The van der Waals surface area contributed by atoms with Gasteiger partial charge < -0.3 is 0 Å². The molecule has 0 spiro atoms. The Labute approximate surface area is 80.8 Å². The second-order valence-corrected chi connectivity index (χ2v) is 3.25. The van der Waals surface area contributed by atoms with Crippen LogP contribution in [0.3, 0.4) is 0 Å². The van der Waals surface area contributed by atoms with E-state index >= 15 is 0 Å². The maximum Gasteiger partial charge on any atom is 0.255 e. The van der Waals surface area contributed by atoms with Crippen LogP contribution in [0.15, 0.2) is 6.07 Å². The van der Waals surface area contributed by atoms with Crippen LogP contribution in [0.5, 0.6) is 0 Å². The molecule has 0 unspecified atom stereocenters. The summed E-state index contributed by atoms with van der Waals surface area (Å²) in [5.74, 6) is 0.712. The summed E-state index contributed by atoms with van der Waals surface area (Å²) in [7, 11) is 0. The molecule has 0 aliphatic carbocycles. The average molecular weight is 190 g/mol. The van der Waals surface area contributed by atoms with Gasteiger partial charge in [-0.2, -0.15) is 0 Å². The third-order valence-electron chi connectivity index (χ3n) is 2.01. The van der Waals surface area contributed by atoms with E-state index < -0.39 is 0 Å². The second kappa shape index (κ2) is 2.87. The second-order valence-electron chi connectivity index (χ2n) is 3.25. The van der Waals surface area contributed by atoms with E-state index in [1.54, 1.807) is 4.40 Å². The van der Waals surface area contributed by atoms with E-state index in [-0.39, 0.29) is 5.78 Å². The maximum atomic E-state index is 11.2. The van der Waals surface area contributed by atoms with E-state index in [2.05, 4.69) is 15.2 Å². The van der Waals surface area contributed by atoms with Crippen LogP contribution < -0.4 is 0 Å². The van der Waals surface area contributed by atoms with E-state index in [0.29, 0.717) is 11.6 Å². The molecule has 0 saturated heterocycles. The van der Waals surface area contributed by atoms with Gasteiger partial charge in [0.25, 0.3) is 5.78 Å². The number of carbonyl (C=O) groups is 1. The van der Waals surface area contributed by atoms with Crippen molar-refractivity contribution in [3.05, 3.63) is 23.3 Å². The monoisotopic (exact) mass is 190 g/mol. The van der Waals surface area contributed by atoms with Crippen LogP contribution in [0.25, 0.3) is 5.78 Å². The van der Waals surface area contributed by atoms with Gasteiger partial charge in [0.2, 0.25) is 5.82 Å². The smallest absolute Gasteiger partial charge is 0.255 e. The van der Waals surface area contributed by atoms with Crippen molar-refractivity contribution < 1.29 is 4.79 Å². The van der Waals surface area contributed by atoms with Crippen LogP contribution in [0, 0.1) is 13.8 Å². The predicted octanol–water partition coefficient (Wildman–Crippen LogP) is 0.944. The molecule has 72 valence electrons. The first-order chi connectivity index (χ1) is 6.59. The van der Waals surface area contributed by atoms with Gasteiger partial charge in [0.15, 0.2) is 5.78 Å². The highest BCUT2D eigenvalue weighted by atomic mass is 16.1. The van der Waals surface area contributed by atoms with Crippen molar-refractivity contribution in [2.45, 2.75) is 20.8 Å². The third-order valence-corrected chi connectivity index (χ3v) is 2.01. The van der Waals surface area contributed by atoms with Gasteiger partial charge in [-0.15, -0.1) is 10.2 Å². The van der Waals surface area contributed by atoms with Crippen LogP contribution in [0.1, 0.15) is 28.9 Å². The summed E-state index contributed by atoms with van der Waals surface area (Å²) >= 11 is 0. The summed E-state index contributed by atoms with van der Waals surface area (Å²) in [4.78, 5) is 15.4. The van der Waals surface area contributed by atoms with E-state index in [4.69, 9.17) is 0 Å². The normalized spacial score (nSPS) is 10.8. The lowest BCUT2D eigenvalue weighted by Crippen LogP contribution is -2.04. The summed E-state index contributed by atoms with van der Waals surface area (Å²) in [6, 6.07) is 1.89. The zero-order valence-corrected chi connectivity index (χ0v) is 8.27. The molecule has 0 aliphatic rings. The summed E-state index contributed by atoms with van der Waals surface area (Å²) in [5.41, 5.74) is 1.79. The fourth-order valence-electron chi connectivity index (χ4n) is 1.46. The quantitative estimate of drug-likeness (QED) is 0.628. The molecule has 2 rings (SSSR count). The molecule has 5 heteroatoms. The lowest BCUT2D eigenvalue weighted by atomic mass is 10.3. The number of hydrogen-bond donors (Lipinski definition) is 0. The maximum absolute atomic E-state index is 11.2. The zero-order valence-electron chi connectivity index (χ0n) is 8.27. The number of aromatic nitrogens is 4. The number of hydrogen-bond acceptors (Lipinski definition) is 4. The Bertz CT molecular complexity index is 515. The molecular weight excluding hydrogens is 180 g/mol. The molecule has 0 radical (unpaired) electrons. The van der Waals surface area contributed by atoms with Crippen LogP contribution in [0.2, 0.25) is 0 Å². The highest BCUT2D eigenvalue weighted by Gasteiger charge is 2.12. The first kappa shape index (κ1) is 8.80. The molecule has 14 heavy (non-hydrogen) atoms. The minimum absolute atomic E-state index is 0.105. The summed E-state index contributed by atoms with van der Waals surface area (Å²) < 4.78 is 1.66. The van der Waals surface area contributed by atoms with Crippen molar-refractivity contribution >= 4 is 11.6 Å². The van der Waals surface area contributed by atoms with E-state index in [1.807, 2.05) is 19.9 Å². The SMILES string of the molecule is CC(=O)c1nnc2nc(C)cc(C)n12. The van der Waals surface area contributed by atoms with Gasteiger partial charge >= 0.3 is 0 Å². The molecule has 2 heterocycles. The molecule has 0 amide bonds. The molecule has 0 saturated carbocycles. The van der Waals surface area contributed by atoms with Gasteiger partial charge in [0.05, 0.1) is 0 Å². The van der Waals surface area contributed by atoms with Crippen molar-refractivity contribution in [2.24, 2.45) is 0 Å². The van der Waals surface area contributed by atoms with Gasteiger partial charge in [0.1, 0.15) is 0 Å². The van der Waals surface area contributed by atoms with E-state index in [1.165, 1.54) is 6.92 Å². The number of aryl methyl sites for hydroxylation is 2. The Morgan fingerprint density at radius 2 is 2.07 bits per heavy atom. The zero-order chi connectivity index (χ0) is 10.3. The topological polar surface area (TPSA) is 60.2 Å². The first-order valence-electron chi connectivity index (χ1n) is 4.30. The van der Waals surface area contributed by atoms with Crippen molar-refractivity contribution in [3.63, 3.8) is 0 Å². The summed E-state index contributed by atoms with van der Waals surface area (Å²) in [6.45, 7) is 5.25. The number of ketones is 1. The number of Topliss-reactive ketones (excluding diaryl/α,β-unsaturated/α-hetero) is 1. The first-order valence-corrected chi connectivity index (χ1v) is 4.30. The molecule has 0 bridgehead atoms. The fourth-order valence-corrected chi connectivity index (χ4v) is 1.46. The third kappa shape index (κ3) is 1.17. The molecule has 5 nitrogen and oxygen atoms in total.